The van der Waals surface area contributed by atoms with E-state index in [1.807, 2.05) is 114 Å². The summed E-state index contributed by atoms with van der Waals surface area (Å²) in [4.78, 5) is 4.77. The van der Waals surface area contributed by atoms with E-state index >= 15 is 0 Å². The van der Waals surface area contributed by atoms with Crippen LogP contribution in [-0.2, 0) is 6.61 Å². The third-order valence-corrected chi connectivity index (χ3v) is 6.00. The Bertz CT molecular complexity index is 1480. The molecule has 5 rings (SSSR count). The van der Waals surface area contributed by atoms with Crippen LogP contribution < -0.4 is 9.47 Å². The summed E-state index contributed by atoms with van der Waals surface area (Å²) >= 11 is 6.25. The minimum absolute atomic E-state index is 0.349. The van der Waals surface area contributed by atoms with Crippen molar-refractivity contribution in [3.8, 4) is 28.4 Å². The summed E-state index contributed by atoms with van der Waals surface area (Å²) in [6.07, 6.45) is 1.80. The van der Waals surface area contributed by atoms with Crippen LogP contribution in [-0.4, -0.2) is 23.1 Å². The van der Waals surface area contributed by atoms with Gasteiger partial charge in [0.1, 0.15) is 6.61 Å². The van der Waals surface area contributed by atoms with Crippen molar-refractivity contribution in [3.05, 3.63) is 125 Å². The lowest BCUT2D eigenvalue weighted by Gasteiger charge is -2.12. The molecule has 0 fully saturated rings. The molecule has 0 unspecified atom stereocenters. The van der Waals surface area contributed by atoms with E-state index in [0.717, 1.165) is 33.9 Å². The van der Waals surface area contributed by atoms with E-state index in [4.69, 9.17) is 31.2 Å². The molecule has 0 N–H and O–H groups in total. The molecule has 0 spiro atoms. The lowest BCUT2D eigenvalue weighted by molar-refractivity contribution is 0.284. The number of para-hydroxylation sites is 1. The smallest absolute Gasteiger partial charge is 0.161 e. The van der Waals surface area contributed by atoms with Gasteiger partial charge in [-0.1, -0.05) is 78.3 Å². The molecule has 0 radical (unpaired) electrons. The van der Waals surface area contributed by atoms with E-state index in [0.29, 0.717) is 23.1 Å². The van der Waals surface area contributed by atoms with Gasteiger partial charge in [-0.3, -0.25) is 0 Å². The molecule has 0 amide bonds. The second kappa shape index (κ2) is 10.9. The Balaban J connectivity index is 1.42. The fourth-order valence-corrected chi connectivity index (χ4v) is 3.96. The molecule has 0 aliphatic heterocycles. The molecule has 0 aliphatic carbocycles. The zero-order chi connectivity index (χ0) is 24.7. The molecule has 0 saturated carbocycles. The Morgan fingerprint density at radius 1 is 0.833 bits per heavy atom. The highest BCUT2D eigenvalue weighted by Gasteiger charge is 2.11. The SMILES string of the molecule is COc1cc(C=Nc2cc(-c3ccccc3)nn2-c2ccccc2)ccc1OCc1ccccc1Cl. The van der Waals surface area contributed by atoms with Crippen molar-refractivity contribution < 1.29 is 9.47 Å². The van der Waals surface area contributed by atoms with Crippen LogP contribution in [0.5, 0.6) is 11.5 Å². The van der Waals surface area contributed by atoms with E-state index in [1.165, 1.54) is 0 Å². The van der Waals surface area contributed by atoms with Gasteiger partial charge in [0.05, 0.1) is 18.5 Å². The molecule has 0 saturated heterocycles. The summed E-state index contributed by atoms with van der Waals surface area (Å²) in [5, 5.41) is 5.49. The van der Waals surface area contributed by atoms with Crippen LogP contribution in [0.15, 0.2) is 114 Å². The predicted molar refractivity (Wildman–Crippen MR) is 145 cm³/mol. The van der Waals surface area contributed by atoms with Crippen LogP contribution in [0.1, 0.15) is 11.1 Å². The van der Waals surface area contributed by atoms with Crippen molar-refractivity contribution in [2.24, 2.45) is 4.99 Å². The van der Waals surface area contributed by atoms with Gasteiger partial charge in [-0.2, -0.15) is 5.10 Å². The fourth-order valence-electron chi connectivity index (χ4n) is 3.77. The maximum Gasteiger partial charge on any atom is 0.161 e. The third kappa shape index (κ3) is 5.32. The molecule has 4 aromatic carbocycles. The van der Waals surface area contributed by atoms with Crippen LogP contribution in [0.2, 0.25) is 5.02 Å². The van der Waals surface area contributed by atoms with E-state index < -0.39 is 0 Å². The molecule has 6 heteroatoms. The van der Waals surface area contributed by atoms with Crippen LogP contribution in [0, 0.1) is 0 Å². The minimum atomic E-state index is 0.349. The standard InChI is InChI=1S/C30H24ClN3O2/c1-35-29-18-22(16-17-28(29)36-21-24-12-8-9-15-26(24)31)20-32-30-19-27(23-10-4-2-5-11-23)33-34(30)25-13-6-3-7-14-25/h2-20H,21H2,1H3. The average Bonchev–Trinajstić information content (AvgIpc) is 3.37. The van der Waals surface area contributed by atoms with Gasteiger partial charge in [-0.15, -0.1) is 0 Å². The molecular formula is C30H24ClN3O2. The first kappa shape index (κ1) is 23.4. The molecule has 0 atom stereocenters. The van der Waals surface area contributed by atoms with E-state index in [2.05, 4.69) is 0 Å². The van der Waals surface area contributed by atoms with Crippen molar-refractivity contribution >= 4 is 23.6 Å². The summed E-state index contributed by atoms with van der Waals surface area (Å²) in [6.45, 7) is 0.349. The van der Waals surface area contributed by atoms with Gasteiger partial charge in [0, 0.05) is 28.4 Å². The minimum Gasteiger partial charge on any atom is -0.493 e. The quantitative estimate of drug-likeness (QED) is 0.210. The first-order valence-electron chi connectivity index (χ1n) is 11.5. The zero-order valence-electron chi connectivity index (χ0n) is 19.7. The van der Waals surface area contributed by atoms with Crippen molar-refractivity contribution in [1.82, 2.24) is 9.78 Å². The maximum atomic E-state index is 6.25. The molecule has 0 bridgehead atoms. The Morgan fingerprint density at radius 2 is 1.56 bits per heavy atom. The molecular weight excluding hydrogens is 470 g/mol. The molecule has 5 aromatic rings. The monoisotopic (exact) mass is 493 g/mol. The number of benzene rings is 4. The van der Waals surface area contributed by atoms with Gasteiger partial charge in [0.15, 0.2) is 17.3 Å². The number of hydrogen-bond acceptors (Lipinski definition) is 4. The second-order valence-corrected chi connectivity index (χ2v) is 8.46. The highest BCUT2D eigenvalue weighted by molar-refractivity contribution is 6.31. The molecule has 178 valence electrons. The van der Waals surface area contributed by atoms with Crippen LogP contribution in [0.3, 0.4) is 0 Å². The maximum absolute atomic E-state index is 6.25. The normalized spacial score (nSPS) is 11.1. The van der Waals surface area contributed by atoms with Crippen molar-refractivity contribution in [2.75, 3.05) is 7.11 Å². The van der Waals surface area contributed by atoms with E-state index in [9.17, 15) is 0 Å². The summed E-state index contributed by atoms with van der Waals surface area (Å²) in [5.74, 6) is 1.97. The summed E-state index contributed by atoms with van der Waals surface area (Å²) in [5.41, 5.74) is 4.61. The van der Waals surface area contributed by atoms with Gasteiger partial charge >= 0.3 is 0 Å². The first-order valence-corrected chi connectivity index (χ1v) is 11.9. The number of ether oxygens (including phenoxy) is 2. The summed E-state index contributed by atoms with van der Waals surface area (Å²) in [7, 11) is 1.62. The number of halogens is 1. The molecule has 5 nitrogen and oxygen atoms in total. The summed E-state index contributed by atoms with van der Waals surface area (Å²) in [6, 6.07) is 35.4. The van der Waals surface area contributed by atoms with Gasteiger partial charge in [-0.05, 0) is 42.0 Å². The Kier molecular flexibility index (Phi) is 7.10. The first-order chi connectivity index (χ1) is 17.7. The second-order valence-electron chi connectivity index (χ2n) is 8.05. The van der Waals surface area contributed by atoms with Crippen LogP contribution in [0.25, 0.3) is 16.9 Å². The van der Waals surface area contributed by atoms with Gasteiger partial charge in [-0.25, -0.2) is 9.67 Å². The number of rotatable bonds is 8. The Labute approximate surface area is 215 Å². The van der Waals surface area contributed by atoms with Crippen LogP contribution >= 0.6 is 11.6 Å². The molecule has 1 aromatic heterocycles. The Morgan fingerprint density at radius 3 is 2.31 bits per heavy atom. The highest BCUT2D eigenvalue weighted by atomic mass is 35.5. The largest absolute Gasteiger partial charge is 0.493 e. The highest BCUT2D eigenvalue weighted by Crippen LogP contribution is 2.30. The van der Waals surface area contributed by atoms with Crippen molar-refractivity contribution in [2.45, 2.75) is 6.61 Å². The number of aliphatic imine (C=N–C) groups is 1. The number of nitrogens with zero attached hydrogens (tertiary/aromatic N) is 3. The van der Waals surface area contributed by atoms with Crippen LogP contribution in [0.4, 0.5) is 5.82 Å². The van der Waals surface area contributed by atoms with E-state index in [1.54, 1.807) is 13.3 Å². The molecule has 1 heterocycles. The lowest BCUT2D eigenvalue weighted by Crippen LogP contribution is -1.99. The predicted octanol–water partition coefficient (Wildman–Crippen LogP) is 7.53. The van der Waals surface area contributed by atoms with Crippen molar-refractivity contribution in [3.63, 3.8) is 0 Å². The zero-order valence-corrected chi connectivity index (χ0v) is 20.5. The van der Waals surface area contributed by atoms with Gasteiger partial charge < -0.3 is 9.47 Å². The van der Waals surface area contributed by atoms with Gasteiger partial charge in [0.25, 0.3) is 0 Å². The number of aromatic nitrogens is 2. The van der Waals surface area contributed by atoms with E-state index in [-0.39, 0.29) is 0 Å². The van der Waals surface area contributed by atoms with Gasteiger partial charge in [0.2, 0.25) is 0 Å². The average molecular weight is 494 g/mol. The summed E-state index contributed by atoms with van der Waals surface area (Å²) < 4.78 is 13.4. The number of hydrogen-bond donors (Lipinski definition) is 0. The lowest BCUT2D eigenvalue weighted by atomic mass is 10.1. The molecule has 36 heavy (non-hydrogen) atoms. The number of methoxy groups -OCH3 is 1. The Hall–Kier alpha value is -4.35. The third-order valence-electron chi connectivity index (χ3n) is 5.64. The molecule has 0 aliphatic rings. The van der Waals surface area contributed by atoms with Crippen molar-refractivity contribution in [1.29, 1.82) is 0 Å². The fraction of sp³-hybridized carbons (Fsp3) is 0.0667. The topological polar surface area (TPSA) is 48.6 Å².